The lowest BCUT2D eigenvalue weighted by Crippen LogP contribution is -1.92. The van der Waals surface area contributed by atoms with Gasteiger partial charge in [-0.05, 0) is 48.3 Å². The summed E-state index contributed by atoms with van der Waals surface area (Å²) in [6.07, 6.45) is 0.562. The van der Waals surface area contributed by atoms with E-state index in [-0.39, 0.29) is 6.61 Å². The number of fused-ring (bicyclic) bond motifs is 2. The van der Waals surface area contributed by atoms with E-state index in [2.05, 4.69) is 15.9 Å². The number of benzene rings is 1. The minimum absolute atomic E-state index is 0.0931. The molecule has 4 heteroatoms. The normalized spacial score (nSPS) is 11.8. The largest absolute Gasteiger partial charge is 0.461 e. The molecule has 3 nitrogen and oxygen atoms in total. The van der Waals surface area contributed by atoms with Crippen molar-refractivity contribution >= 4 is 37.9 Å². The molecule has 3 aromatic rings. The maximum absolute atomic E-state index is 9.24. The van der Waals surface area contributed by atoms with Crippen LogP contribution in [0.1, 0.15) is 17.1 Å². The summed E-state index contributed by atoms with van der Waals surface area (Å²) >= 11 is 3.58. The summed E-state index contributed by atoms with van der Waals surface area (Å²) in [6.45, 7) is 3.93. The molecule has 0 atom stereocenters. The van der Waals surface area contributed by atoms with Gasteiger partial charge in [0.25, 0.3) is 0 Å². The number of halogens is 1. The van der Waals surface area contributed by atoms with Crippen molar-refractivity contribution in [3.05, 3.63) is 33.7 Å². The number of aliphatic hydroxyl groups excluding tert-OH is 1. The highest BCUT2D eigenvalue weighted by Gasteiger charge is 2.18. The highest BCUT2D eigenvalue weighted by Crippen LogP contribution is 2.39. The Morgan fingerprint density at radius 2 is 1.67 bits per heavy atom. The van der Waals surface area contributed by atoms with Gasteiger partial charge in [0.1, 0.15) is 22.7 Å². The second-order valence-electron chi connectivity index (χ2n) is 4.47. The molecule has 0 amide bonds. The Hall–Kier alpha value is -1.26. The SMILES string of the molecule is Cc1cc2c(CCO)c3oc(C)cc3c(Br)c2o1. The highest BCUT2D eigenvalue weighted by molar-refractivity contribution is 9.10. The molecule has 2 aromatic heterocycles. The van der Waals surface area contributed by atoms with Gasteiger partial charge in [0.15, 0.2) is 0 Å². The van der Waals surface area contributed by atoms with E-state index in [9.17, 15) is 5.11 Å². The summed E-state index contributed by atoms with van der Waals surface area (Å²) in [5.74, 6) is 1.71. The molecule has 94 valence electrons. The molecule has 0 spiro atoms. The van der Waals surface area contributed by atoms with Crippen molar-refractivity contribution in [2.75, 3.05) is 6.61 Å². The Bertz CT molecular complexity index is 679. The van der Waals surface area contributed by atoms with Crippen molar-refractivity contribution in [2.45, 2.75) is 20.3 Å². The molecule has 0 aliphatic rings. The summed E-state index contributed by atoms with van der Waals surface area (Å²) in [6, 6.07) is 3.97. The van der Waals surface area contributed by atoms with Crippen LogP contribution < -0.4 is 0 Å². The van der Waals surface area contributed by atoms with Crippen molar-refractivity contribution in [1.82, 2.24) is 0 Å². The van der Waals surface area contributed by atoms with E-state index in [0.29, 0.717) is 6.42 Å². The minimum Gasteiger partial charge on any atom is -0.461 e. The number of hydrogen-bond acceptors (Lipinski definition) is 3. The number of hydrogen-bond donors (Lipinski definition) is 1. The number of furan rings is 2. The first-order valence-electron chi connectivity index (χ1n) is 5.83. The Balaban J connectivity index is 2.51. The van der Waals surface area contributed by atoms with Crippen molar-refractivity contribution in [1.29, 1.82) is 0 Å². The molecule has 0 fully saturated rings. The smallest absolute Gasteiger partial charge is 0.149 e. The maximum Gasteiger partial charge on any atom is 0.149 e. The van der Waals surface area contributed by atoms with E-state index in [0.717, 1.165) is 43.5 Å². The highest BCUT2D eigenvalue weighted by atomic mass is 79.9. The van der Waals surface area contributed by atoms with Gasteiger partial charge in [-0.25, -0.2) is 0 Å². The van der Waals surface area contributed by atoms with E-state index in [1.54, 1.807) is 0 Å². The Morgan fingerprint density at radius 1 is 1.06 bits per heavy atom. The molecule has 1 aromatic carbocycles. The van der Waals surface area contributed by atoms with Crippen LogP contribution in [-0.2, 0) is 6.42 Å². The predicted octanol–water partition coefficient (Wildman–Crippen LogP) is 4.09. The van der Waals surface area contributed by atoms with Crippen LogP contribution in [0.25, 0.3) is 21.9 Å². The van der Waals surface area contributed by atoms with Gasteiger partial charge in [0, 0.05) is 22.9 Å². The average molecular weight is 309 g/mol. The fourth-order valence-corrected chi connectivity index (χ4v) is 3.00. The molecule has 0 saturated heterocycles. The molecule has 0 aliphatic carbocycles. The lowest BCUT2D eigenvalue weighted by atomic mass is 10.0. The first-order valence-corrected chi connectivity index (χ1v) is 6.62. The van der Waals surface area contributed by atoms with Crippen molar-refractivity contribution in [3.8, 4) is 0 Å². The molecule has 0 radical (unpaired) electrons. The fraction of sp³-hybridized carbons (Fsp3) is 0.286. The molecular weight excluding hydrogens is 296 g/mol. The van der Waals surface area contributed by atoms with Crippen LogP contribution >= 0.6 is 15.9 Å². The minimum atomic E-state index is 0.0931. The van der Waals surface area contributed by atoms with Gasteiger partial charge < -0.3 is 13.9 Å². The quantitative estimate of drug-likeness (QED) is 0.775. The number of aliphatic hydroxyl groups is 1. The third kappa shape index (κ3) is 1.60. The zero-order valence-corrected chi connectivity index (χ0v) is 11.8. The summed E-state index contributed by atoms with van der Waals surface area (Å²) < 4.78 is 12.4. The van der Waals surface area contributed by atoms with Crippen molar-refractivity contribution in [2.24, 2.45) is 0 Å². The summed E-state index contributed by atoms with van der Waals surface area (Å²) in [4.78, 5) is 0. The molecule has 0 unspecified atom stereocenters. The van der Waals surface area contributed by atoms with E-state index >= 15 is 0 Å². The van der Waals surface area contributed by atoms with E-state index in [1.165, 1.54) is 0 Å². The van der Waals surface area contributed by atoms with Crippen LogP contribution in [0.4, 0.5) is 0 Å². The van der Waals surface area contributed by atoms with Crippen LogP contribution in [0.2, 0.25) is 0 Å². The lowest BCUT2D eigenvalue weighted by molar-refractivity contribution is 0.300. The molecule has 18 heavy (non-hydrogen) atoms. The van der Waals surface area contributed by atoms with E-state index in [1.807, 2.05) is 26.0 Å². The average Bonchev–Trinajstić information content (AvgIpc) is 2.88. The monoisotopic (exact) mass is 308 g/mol. The van der Waals surface area contributed by atoms with Crippen molar-refractivity contribution in [3.63, 3.8) is 0 Å². The Morgan fingerprint density at radius 3 is 2.33 bits per heavy atom. The Kier molecular flexibility index (Phi) is 2.72. The van der Waals surface area contributed by atoms with Gasteiger partial charge in [0.2, 0.25) is 0 Å². The van der Waals surface area contributed by atoms with Gasteiger partial charge in [-0.2, -0.15) is 0 Å². The van der Waals surface area contributed by atoms with Gasteiger partial charge >= 0.3 is 0 Å². The molecule has 2 heterocycles. The zero-order chi connectivity index (χ0) is 12.9. The van der Waals surface area contributed by atoms with Gasteiger partial charge in [-0.3, -0.25) is 0 Å². The van der Waals surface area contributed by atoms with Crippen LogP contribution in [-0.4, -0.2) is 11.7 Å². The number of rotatable bonds is 2. The molecule has 3 rings (SSSR count). The van der Waals surface area contributed by atoms with Crippen LogP contribution in [0, 0.1) is 13.8 Å². The fourth-order valence-electron chi connectivity index (χ4n) is 2.41. The third-order valence-electron chi connectivity index (χ3n) is 3.11. The number of aryl methyl sites for hydroxylation is 2. The molecule has 0 saturated carbocycles. The molecule has 0 aliphatic heterocycles. The second kappa shape index (κ2) is 4.14. The molecule has 0 bridgehead atoms. The van der Waals surface area contributed by atoms with Gasteiger partial charge in [0.05, 0.1) is 4.47 Å². The molecule has 1 N–H and O–H groups in total. The van der Waals surface area contributed by atoms with Crippen LogP contribution in [0.5, 0.6) is 0 Å². The van der Waals surface area contributed by atoms with Gasteiger partial charge in [-0.1, -0.05) is 0 Å². The topological polar surface area (TPSA) is 46.5 Å². The first kappa shape index (κ1) is 11.8. The van der Waals surface area contributed by atoms with Gasteiger partial charge in [-0.15, -0.1) is 0 Å². The standard InChI is InChI=1S/C14H13BrO3/c1-7-5-10-9(3-4-16)13-11(6-8(2)17-13)12(15)14(10)18-7/h5-6,16H,3-4H2,1-2H3. The zero-order valence-electron chi connectivity index (χ0n) is 10.2. The lowest BCUT2D eigenvalue weighted by Gasteiger charge is -2.04. The first-order chi connectivity index (χ1) is 8.61. The van der Waals surface area contributed by atoms with Crippen molar-refractivity contribution < 1.29 is 13.9 Å². The summed E-state index contributed by atoms with van der Waals surface area (Å²) in [5, 5.41) is 11.2. The summed E-state index contributed by atoms with van der Waals surface area (Å²) in [5.41, 5.74) is 2.67. The van der Waals surface area contributed by atoms with E-state index in [4.69, 9.17) is 8.83 Å². The maximum atomic E-state index is 9.24. The predicted molar refractivity (Wildman–Crippen MR) is 73.9 cm³/mol. The van der Waals surface area contributed by atoms with Crippen LogP contribution in [0.3, 0.4) is 0 Å². The second-order valence-corrected chi connectivity index (χ2v) is 5.26. The third-order valence-corrected chi connectivity index (χ3v) is 3.89. The summed E-state index contributed by atoms with van der Waals surface area (Å²) in [7, 11) is 0. The van der Waals surface area contributed by atoms with Crippen LogP contribution in [0.15, 0.2) is 25.4 Å². The molecular formula is C14H13BrO3. The Labute approximate surface area is 113 Å². The van der Waals surface area contributed by atoms with E-state index < -0.39 is 0 Å².